The number of unbranched alkanes of at least 4 members (excludes halogenated alkanes) is 20. The van der Waals surface area contributed by atoms with Crippen molar-refractivity contribution in [1.29, 1.82) is 0 Å². The summed E-state index contributed by atoms with van der Waals surface area (Å²) in [6.07, 6.45) is 29.2. The van der Waals surface area contributed by atoms with Crippen molar-refractivity contribution < 1.29 is 18.0 Å². The summed E-state index contributed by atoms with van der Waals surface area (Å²) in [5.41, 5.74) is 0. The molecule has 0 saturated heterocycles. The van der Waals surface area contributed by atoms with Crippen LogP contribution in [0.2, 0.25) is 0 Å². The normalized spacial score (nSPS) is 12.0. The molecular weight excluding hydrogens is 545 g/mol. The molecule has 7 heteroatoms. The highest BCUT2D eigenvalue weighted by molar-refractivity contribution is 9.16. The summed E-state index contributed by atoms with van der Waals surface area (Å²) in [4.78, 5) is 24.6. The van der Waals surface area contributed by atoms with Crippen molar-refractivity contribution in [2.45, 2.75) is 182 Å². The van der Waals surface area contributed by atoms with Crippen LogP contribution in [0, 0.1) is 0 Å². The van der Waals surface area contributed by atoms with Crippen LogP contribution in [-0.2, 0) is 18.0 Å². The fourth-order valence-electron chi connectivity index (χ4n) is 4.44. The van der Waals surface area contributed by atoms with Gasteiger partial charge in [0, 0.05) is 18.6 Å². The van der Waals surface area contributed by atoms with Crippen molar-refractivity contribution in [3.8, 4) is 0 Å². The van der Waals surface area contributed by atoms with Gasteiger partial charge in [0.2, 0.25) is 0 Å². The smallest absolute Gasteiger partial charge is 0.330 e. The second-order valence-electron chi connectivity index (χ2n) is 10.8. The van der Waals surface area contributed by atoms with Crippen LogP contribution in [0.25, 0.3) is 0 Å². The van der Waals surface area contributed by atoms with E-state index in [9.17, 15) is 9.59 Å². The van der Waals surface area contributed by atoms with E-state index in [1.54, 1.807) is 24.6 Å². The van der Waals surface area contributed by atoms with Gasteiger partial charge in [-0.15, -0.1) is 0 Å². The van der Waals surface area contributed by atoms with Crippen molar-refractivity contribution in [3.05, 3.63) is 0 Å². The van der Waals surface area contributed by atoms with Crippen molar-refractivity contribution in [2.75, 3.05) is 11.5 Å². The lowest BCUT2D eigenvalue weighted by atomic mass is 10.1. The Morgan fingerprint density at radius 3 is 1.18 bits per heavy atom. The summed E-state index contributed by atoms with van der Waals surface area (Å²) in [7, 11) is 0.996. The fourth-order valence-corrected chi connectivity index (χ4v) is 11.9. The summed E-state index contributed by atoms with van der Waals surface area (Å²) in [6.45, 7) is 8.14. The SMILES string of the molecule is CCCCCCCCCCCCCSSS(CCCCCCCCCCCCC)(OC(=O)CC)OC(=O)CC. The van der Waals surface area contributed by atoms with Crippen LogP contribution in [0.3, 0.4) is 0 Å². The van der Waals surface area contributed by atoms with Gasteiger partial charge in [0.15, 0.2) is 0 Å². The Labute approximate surface area is 252 Å². The van der Waals surface area contributed by atoms with Crippen molar-refractivity contribution >= 4 is 42.2 Å². The van der Waals surface area contributed by atoms with E-state index in [0.29, 0.717) is 18.6 Å². The number of rotatable bonds is 30. The average Bonchev–Trinajstić information content (AvgIpc) is 2.94. The predicted octanol–water partition coefficient (Wildman–Crippen LogP) is 12.4. The lowest BCUT2D eigenvalue weighted by molar-refractivity contribution is -0.136. The van der Waals surface area contributed by atoms with E-state index in [4.69, 9.17) is 8.37 Å². The van der Waals surface area contributed by atoms with Crippen molar-refractivity contribution in [3.63, 3.8) is 0 Å². The third-order valence-electron chi connectivity index (χ3n) is 7.00. The Kier molecular flexibility index (Phi) is 29.5. The Hall–Kier alpha value is -0.0100. The number of hydrogen-bond acceptors (Lipinski definition) is 6. The van der Waals surface area contributed by atoms with Gasteiger partial charge in [-0.05, 0) is 22.5 Å². The maximum absolute atomic E-state index is 12.3. The molecule has 0 aromatic rings. The maximum Gasteiger partial charge on any atom is 0.330 e. The molecule has 234 valence electrons. The first-order valence-electron chi connectivity index (χ1n) is 16.6. The van der Waals surface area contributed by atoms with Gasteiger partial charge in [-0.2, -0.15) is 0 Å². The Morgan fingerprint density at radius 1 is 0.487 bits per heavy atom. The summed E-state index contributed by atoms with van der Waals surface area (Å²) in [5, 5.41) is 0. The van der Waals surface area contributed by atoms with Gasteiger partial charge >= 0.3 is 11.9 Å². The monoisotopic (exact) mass is 608 g/mol. The molecule has 4 nitrogen and oxygen atoms in total. The summed E-state index contributed by atoms with van der Waals surface area (Å²) in [6, 6.07) is 0. The minimum Gasteiger partial charge on any atom is -0.334 e. The zero-order chi connectivity index (χ0) is 28.9. The minimum atomic E-state index is -2.26. The molecule has 39 heavy (non-hydrogen) atoms. The van der Waals surface area contributed by atoms with Gasteiger partial charge in [0.05, 0.1) is 15.6 Å². The molecule has 0 rings (SSSR count). The van der Waals surface area contributed by atoms with Gasteiger partial charge in [-0.3, -0.25) is 9.59 Å². The molecule has 0 spiro atoms. The molecule has 0 aromatic carbocycles. The Bertz CT molecular complexity index is 542. The van der Waals surface area contributed by atoms with Crippen LogP contribution in [0.4, 0.5) is 0 Å². The Balaban J connectivity index is 4.36. The van der Waals surface area contributed by atoms with Crippen molar-refractivity contribution in [1.82, 2.24) is 0 Å². The van der Waals surface area contributed by atoms with Crippen molar-refractivity contribution in [2.24, 2.45) is 0 Å². The van der Waals surface area contributed by atoms with E-state index >= 15 is 0 Å². The molecule has 0 saturated carbocycles. The van der Waals surface area contributed by atoms with Gasteiger partial charge in [-0.25, -0.2) is 0 Å². The average molecular weight is 609 g/mol. The van der Waals surface area contributed by atoms with Gasteiger partial charge in [0.25, 0.3) is 0 Å². The Morgan fingerprint density at radius 2 is 0.821 bits per heavy atom. The third-order valence-corrected chi connectivity index (χ3v) is 14.5. The van der Waals surface area contributed by atoms with Gasteiger partial charge < -0.3 is 8.37 Å². The molecule has 0 atom stereocenters. The van der Waals surface area contributed by atoms with Crippen LogP contribution in [-0.4, -0.2) is 23.4 Å². The van der Waals surface area contributed by atoms with Crippen LogP contribution in [0.15, 0.2) is 0 Å². The van der Waals surface area contributed by atoms with E-state index in [-0.39, 0.29) is 11.9 Å². The molecule has 0 aliphatic carbocycles. The first-order chi connectivity index (χ1) is 19.0. The topological polar surface area (TPSA) is 52.6 Å². The standard InChI is InChI=1S/C32H64O4S3/c1-5-9-11-13-15-17-19-21-23-25-27-29-37-38-39(35-31(33)7-3,36-32(34)8-4)30-28-26-24-22-20-18-16-14-12-10-6-2/h5-30H2,1-4H3. The molecule has 0 heterocycles. The predicted molar refractivity (Wildman–Crippen MR) is 178 cm³/mol. The quantitative estimate of drug-likeness (QED) is 0.0597. The molecule has 0 radical (unpaired) electrons. The number of carbonyl (C=O) groups excluding carboxylic acids is 2. The van der Waals surface area contributed by atoms with E-state index in [1.807, 2.05) is 0 Å². The van der Waals surface area contributed by atoms with Crippen LogP contribution < -0.4 is 0 Å². The molecular formula is C32H64O4S3. The largest absolute Gasteiger partial charge is 0.334 e. The molecule has 0 bridgehead atoms. The molecule has 0 unspecified atom stereocenters. The zero-order valence-electron chi connectivity index (χ0n) is 26.2. The number of carbonyl (C=O) groups is 2. The molecule has 0 fully saturated rings. The van der Waals surface area contributed by atoms with Crippen LogP contribution in [0.5, 0.6) is 0 Å². The second-order valence-corrected chi connectivity index (χ2v) is 17.3. The third kappa shape index (κ3) is 25.4. The highest BCUT2D eigenvalue weighted by Gasteiger charge is 2.29. The lowest BCUT2D eigenvalue weighted by Crippen LogP contribution is -2.17. The van der Waals surface area contributed by atoms with Gasteiger partial charge in [0.1, 0.15) is 0 Å². The second kappa shape index (κ2) is 29.5. The highest BCUT2D eigenvalue weighted by Crippen LogP contribution is 2.67. The molecule has 0 amide bonds. The molecule has 0 N–H and O–H groups in total. The molecule has 0 aliphatic rings. The molecule has 0 aliphatic heterocycles. The van der Waals surface area contributed by atoms with Crippen LogP contribution >= 0.6 is 30.2 Å². The fraction of sp³-hybridized carbons (Fsp3) is 0.938. The summed E-state index contributed by atoms with van der Waals surface area (Å²) < 4.78 is 11.8. The van der Waals surface area contributed by atoms with E-state index in [0.717, 1.165) is 25.0 Å². The van der Waals surface area contributed by atoms with E-state index in [1.165, 1.54) is 132 Å². The first-order valence-corrected chi connectivity index (χ1v) is 21.1. The zero-order valence-corrected chi connectivity index (χ0v) is 28.7. The van der Waals surface area contributed by atoms with Crippen LogP contribution in [0.1, 0.15) is 182 Å². The maximum atomic E-state index is 12.3. The van der Waals surface area contributed by atoms with E-state index < -0.39 is 9.62 Å². The number of hydrogen-bond donors (Lipinski definition) is 0. The molecule has 0 aromatic heterocycles. The van der Waals surface area contributed by atoms with Gasteiger partial charge in [-0.1, -0.05) is 167 Å². The summed E-state index contributed by atoms with van der Waals surface area (Å²) in [5.74, 6) is 1.12. The highest BCUT2D eigenvalue weighted by atomic mass is 33.5. The van der Waals surface area contributed by atoms with E-state index in [2.05, 4.69) is 13.8 Å². The lowest BCUT2D eigenvalue weighted by Gasteiger charge is -2.39. The minimum absolute atomic E-state index is 0.264. The summed E-state index contributed by atoms with van der Waals surface area (Å²) >= 11 is 0. The first kappa shape index (κ1) is 39.0.